The summed E-state index contributed by atoms with van der Waals surface area (Å²) in [7, 11) is 4.29. The fraction of sp³-hybridized carbons (Fsp3) is 0.733. The summed E-state index contributed by atoms with van der Waals surface area (Å²) in [4.78, 5) is 13.7. The van der Waals surface area contributed by atoms with E-state index < -0.39 is 0 Å². The lowest BCUT2D eigenvalue weighted by Crippen LogP contribution is -2.32. The maximum absolute atomic E-state index is 4.73. The van der Waals surface area contributed by atoms with Crippen LogP contribution < -0.4 is 10.2 Å². The van der Waals surface area contributed by atoms with Crippen LogP contribution >= 0.6 is 0 Å². The molecule has 1 saturated heterocycles. The van der Waals surface area contributed by atoms with E-state index in [0.29, 0.717) is 12.0 Å². The molecular formula is C15H27N5. The Hall–Kier alpha value is -1.20. The van der Waals surface area contributed by atoms with Gasteiger partial charge in [-0.25, -0.2) is 4.98 Å². The van der Waals surface area contributed by atoms with Crippen molar-refractivity contribution in [3.63, 3.8) is 0 Å². The van der Waals surface area contributed by atoms with E-state index in [9.17, 15) is 0 Å². The molecular weight excluding hydrogens is 250 g/mol. The first-order chi connectivity index (χ1) is 9.56. The Morgan fingerprint density at radius 1 is 1.40 bits per heavy atom. The lowest BCUT2D eigenvalue weighted by molar-refractivity contribution is 0.315. The highest BCUT2D eigenvalue weighted by atomic mass is 15.3. The molecule has 0 spiro atoms. The lowest BCUT2D eigenvalue weighted by Gasteiger charge is -2.21. The van der Waals surface area contributed by atoms with Crippen LogP contribution in [0, 0.1) is 5.92 Å². The minimum atomic E-state index is 0.625. The molecule has 0 radical (unpaired) electrons. The van der Waals surface area contributed by atoms with Gasteiger partial charge in [-0.15, -0.1) is 0 Å². The van der Waals surface area contributed by atoms with Gasteiger partial charge in [-0.3, -0.25) is 4.98 Å². The number of nitrogens with one attached hydrogen (secondary N) is 1. The molecule has 5 nitrogen and oxygen atoms in total. The van der Waals surface area contributed by atoms with E-state index in [1.54, 1.807) is 0 Å². The van der Waals surface area contributed by atoms with Crippen molar-refractivity contribution in [1.82, 2.24) is 20.2 Å². The van der Waals surface area contributed by atoms with Crippen molar-refractivity contribution in [2.45, 2.75) is 32.9 Å². The largest absolute Gasteiger partial charge is 0.354 e. The van der Waals surface area contributed by atoms with Gasteiger partial charge in [0.05, 0.1) is 11.9 Å². The molecule has 1 aliphatic rings. The normalized spacial score (nSPS) is 19.3. The van der Waals surface area contributed by atoms with Gasteiger partial charge in [-0.05, 0) is 33.0 Å². The van der Waals surface area contributed by atoms with Crippen LogP contribution in [-0.4, -0.2) is 54.6 Å². The first kappa shape index (κ1) is 15.2. The van der Waals surface area contributed by atoms with Crippen molar-refractivity contribution in [2.24, 2.45) is 5.92 Å². The van der Waals surface area contributed by atoms with Crippen molar-refractivity contribution in [3.8, 4) is 0 Å². The third-order valence-electron chi connectivity index (χ3n) is 3.75. The van der Waals surface area contributed by atoms with Gasteiger partial charge in [0, 0.05) is 31.9 Å². The molecule has 0 aromatic carbocycles. The second kappa shape index (κ2) is 6.99. The first-order valence-electron chi connectivity index (χ1n) is 7.49. The molecule has 1 fully saturated rings. The minimum absolute atomic E-state index is 0.625. The highest BCUT2D eigenvalue weighted by molar-refractivity contribution is 5.38. The lowest BCUT2D eigenvalue weighted by atomic mass is 10.2. The molecule has 112 valence electrons. The molecule has 2 heterocycles. The predicted molar refractivity (Wildman–Crippen MR) is 82.9 cm³/mol. The second-order valence-corrected chi connectivity index (χ2v) is 6.25. The summed E-state index contributed by atoms with van der Waals surface area (Å²) in [6.07, 6.45) is 4.94. The molecule has 1 N–H and O–H groups in total. The fourth-order valence-electron chi connectivity index (χ4n) is 2.49. The SMILES string of the molecule is CC(C)CNCc1cncc(N2CCC(N(C)C)C2)n1. The van der Waals surface area contributed by atoms with Crippen LogP contribution in [0.15, 0.2) is 12.4 Å². The summed E-state index contributed by atoms with van der Waals surface area (Å²) in [5.74, 6) is 1.67. The Morgan fingerprint density at radius 2 is 2.20 bits per heavy atom. The number of hydrogen-bond donors (Lipinski definition) is 1. The topological polar surface area (TPSA) is 44.3 Å². The third-order valence-corrected chi connectivity index (χ3v) is 3.75. The summed E-state index contributed by atoms with van der Waals surface area (Å²) < 4.78 is 0. The monoisotopic (exact) mass is 277 g/mol. The molecule has 5 heteroatoms. The van der Waals surface area contributed by atoms with Crippen LogP contribution in [0.1, 0.15) is 26.0 Å². The number of likely N-dealkylation sites (N-methyl/N-ethyl adjacent to an activating group) is 1. The molecule has 0 bridgehead atoms. The minimum Gasteiger partial charge on any atom is -0.354 e. The second-order valence-electron chi connectivity index (χ2n) is 6.25. The summed E-state index contributed by atoms with van der Waals surface area (Å²) in [5.41, 5.74) is 1.02. The average Bonchev–Trinajstić information content (AvgIpc) is 2.88. The molecule has 1 aromatic rings. The number of nitrogens with zero attached hydrogens (tertiary/aromatic N) is 4. The standard InChI is InChI=1S/C15H27N5/c1-12(2)7-16-8-13-9-17-10-15(18-13)20-6-5-14(11-20)19(3)4/h9-10,12,14,16H,5-8,11H2,1-4H3. The molecule has 20 heavy (non-hydrogen) atoms. The van der Waals surface area contributed by atoms with Gasteiger partial charge in [0.1, 0.15) is 5.82 Å². The van der Waals surface area contributed by atoms with Crippen molar-refractivity contribution >= 4 is 5.82 Å². The van der Waals surface area contributed by atoms with Crippen LogP contribution in [0.3, 0.4) is 0 Å². The fourth-order valence-corrected chi connectivity index (χ4v) is 2.49. The van der Waals surface area contributed by atoms with Gasteiger partial charge in [-0.2, -0.15) is 0 Å². The van der Waals surface area contributed by atoms with E-state index in [2.05, 4.69) is 48.0 Å². The Morgan fingerprint density at radius 3 is 2.85 bits per heavy atom. The Labute approximate surface area is 122 Å². The third kappa shape index (κ3) is 4.15. The Bertz CT molecular complexity index is 418. The molecule has 2 rings (SSSR count). The van der Waals surface area contributed by atoms with Crippen LogP contribution in [0.2, 0.25) is 0 Å². The molecule has 1 aliphatic heterocycles. The van der Waals surface area contributed by atoms with Crippen LogP contribution in [0.4, 0.5) is 5.82 Å². The summed E-state index contributed by atoms with van der Waals surface area (Å²) in [5, 5.41) is 3.42. The van der Waals surface area contributed by atoms with Crippen molar-refractivity contribution in [2.75, 3.05) is 38.6 Å². The van der Waals surface area contributed by atoms with Crippen LogP contribution in [0.5, 0.6) is 0 Å². The average molecular weight is 277 g/mol. The molecule has 0 amide bonds. The van der Waals surface area contributed by atoms with Gasteiger partial charge in [0.2, 0.25) is 0 Å². The quantitative estimate of drug-likeness (QED) is 0.850. The number of hydrogen-bond acceptors (Lipinski definition) is 5. The van der Waals surface area contributed by atoms with Crippen LogP contribution in [0.25, 0.3) is 0 Å². The highest BCUT2D eigenvalue weighted by Gasteiger charge is 2.25. The zero-order valence-electron chi connectivity index (χ0n) is 13.1. The van der Waals surface area contributed by atoms with Gasteiger partial charge < -0.3 is 15.1 Å². The summed E-state index contributed by atoms with van der Waals surface area (Å²) in [6.45, 7) is 8.34. The Balaban J connectivity index is 1.93. The zero-order valence-corrected chi connectivity index (χ0v) is 13.1. The highest BCUT2D eigenvalue weighted by Crippen LogP contribution is 2.19. The number of anilines is 1. The maximum atomic E-state index is 4.73. The smallest absolute Gasteiger partial charge is 0.147 e. The predicted octanol–water partition coefficient (Wildman–Crippen LogP) is 1.36. The molecule has 1 unspecified atom stereocenters. The van der Waals surface area contributed by atoms with Crippen molar-refractivity contribution in [1.29, 1.82) is 0 Å². The summed E-state index contributed by atoms with van der Waals surface area (Å²) in [6, 6.07) is 0.625. The van der Waals surface area contributed by atoms with E-state index in [4.69, 9.17) is 4.98 Å². The number of aromatic nitrogens is 2. The van der Waals surface area contributed by atoms with E-state index >= 15 is 0 Å². The van der Waals surface area contributed by atoms with E-state index in [1.807, 2.05) is 12.4 Å². The van der Waals surface area contributed by atoms with Crippen molar-refractivity contribution in [3.05, 3.63) is 18.1 Å². The van der Waals surface area contributed by atoms with Crippen molar-refractivity contribution < 1.29 is 0 Å². The van der Waals surface area contributed by atoms with E-state index in [1.165, 1.54) is 6.42 Å². The molecule has 1 atom stereocenters. The zero-order chi connectivity index (χ0) is 14.5. The molecule has 1 aromatic heterocycles. The summed E-state index contributed by atoms with van der Waals surface area (Å²) >= 11 is 0. The maximum Gasteiger partial charge on any atom is 0.147 e. The number of rotatable bonds is 6. The van der Waals surface area contributed by atoms with Gasteiger partial charge >= 0.3 is 0 Å². The van der Waals surface area contributed by atoms with Gasteiger partial charge in [-0.1, -0.05) is 13.8 Å². The van der Waals surface area contributed by atoms with Crippen LogP contribution in [-0.2, 0) is 6.54 Å². The molecule has 0 aliphatic carbocycles. The first-order valence-corrected chi connectivity index (χ1v) is 7.49. The molecule has 0 saturated carbocycles. The van der Waals surface area contributed by atoms with Gasteiger partial charge in [0.25, 0.3) is 0 Å². The van der Waals surface area contributed by atoms with E-state index in [-0.39, 0.29) is 0 Å². The van der Waals surface area contributed by atoms with E-state index in [0.717, 1.165) is 37.7 Å². The Kier molecular flexibility index (Phi) is 5.31. The van der Waals surface area contributed by atoms with Gasteiger partial charge in [0.15, 0.2) is 0 Å².